The van der Waals surface area contributed by atoms with E-state index >= 15 is 0 Å². The summed E-state index contributed by atoms with van der Waals surface area (Å²) in [6.45, 7) is 2.24. The average Bonchev–Trinajstić information content (AvgIpc) is 2.77. The molecule has 0 bridgehead atoms. The van der Waals surface area contributed by atoms with Crippen LogP contribution in [-0.4, -0.2) is 12.5 Å². The Hall–Kier alpha value is -1.61. The molecule has 2 aromatic rings. The van der Waals surface area contributed by atoms with Crippen LogP contribution in [0.3, 0.4) is 0 Å². The average molecular weight is 245 g/mol. The Balaban J connectivity index is 2.00. The second-order valence-corrected chi connectivity index (χ2v) is 4.80. The van der Waals surface area contributed by atoms with E-state index in [1.165, 1.54) is 22.6 Å². The molecule has 2 rings (SSSR count). The van der Waals surface area contributed by atoms with E-state index in [0.717, 1.165) is 6.42 Å². The van der Waals surface area contributed by atoms with E-state index in [1.807, 2.05) is 0 Å². The van der Waals surface area contributed by atoms with Crippen LogP contribution in [0.5, 0.6) is 0 Å². The van der Waals surface area contributed by atoms with Gasteiger partial charge in [0.15, 0.2) is 0 Å². The lowest BCUT2D eigenvalue weighted by Crippen LogP contribution is -2.20. The quantitative estimate of drug-likeness (QED) is 0.821. The molecule has 0 aliphatic carbocycles. The van der Waals surface area contributed by atoms with Gasteiger partial charge in [0.2, 0.25) is 5.91 Å². The Morgan fingerprint density at radius 3 is 3.12 bits per heavy atom. The highest BCUT2D eigenvalue weighted by molar-refractivity contribution is 7.17. The van der Waals surface area contributed by atoms with Crippen molar-refractivity contribution in [2.24, 2.45) is 0 Å². The smallest absolute Gasteiger partial charge is 0.216 e. The predicted octanol–water partition coefficient (Wildman–Crippen LogP) is 3.44. The van der Waals surface area contributed by atoms with Crippen molar-refractivity contribution in [3.8, 4) is 0 Å². The highest BCUT2D eigenvalue weighted by Crippen LogP contribution is 2.24. The maximum Gasteiger partial charge on any atom is 0.216 e. The highest BCUT2D eigenvalue weighted by atomic mass is 32.1. The first-order chi connectivity index (χ1) is 8.27. The molecular weight excluding hydrogens is 230 g/mol. The summed E-state index contributed by atoms with van der Waals surface area (Å²) in [7, 11) is 0. The number of nitrogens with one attached hydrogen (secondary N) is 1. The molecule has 2 nitrogen and oxygen atoms in total. The van der Waals surface area contributed by atoms with Gasteiger partial charge in [-0.2, -0.15) is 0 Å². The van der Waals surface area contributed by atoms with Crippen LogP contribution in [0.2, 0.25) is 0 Å². The number of amides is 1. The topological polar surface area (TPSA) is 29.1 Å². The van der Waals surface area contributed by atoms with Gasteiger partial charge in [0.05, 0.1) is 0 Å². The third kappa shape index (κ3) is 3.17. The zero-order valence-electron chi connectivity index (χ0n) is 9.77. The molecule has 1 amide bonds. The normalized spacial score (nSPS) is 11.1. The summed E-state index contributed by atoms with van der Waals surface area (Å²) in [6, 6.07) is 8.47. The first kappa shape index (κ1) is 11.9. The molecule has 0 aliphatic rings. The lowest BCUT2D eigenvalue weighted by atomic mass is 10.1. The molecular formula is C14H15NOS. The summed E-state index contributed by atoms with van der Waals surface area (Å²) in [6.07, 6.45) is 5.08. The van der Waals surface area contributed by atoms with Crippen LogP contribution >= 0.6 is 11.3 Å². The van der Waals surface area contributed by atoms with Gasteiger partial charge >= 0.3 is 0 Å². The van der Waals surface area contributed by atoms with E-state index in [9.17, 15) is 4.79 Å². The van der Waals surface area contributed by atoms with Crippen molar-refractivity contribution < 1.29 is 4.79 Å². The Morgan fingerprint density at radius 2 is 2.29 bits per heavy atom. The van der Waals surface area contributed by atoms with Crippen LogP contribution in [-0.2, 0) is 4.79 Å². The van der Waals surface area contributed by atoms with Gasteiger partial charge in [-0.1, -0.05) is 24.3 Å². The van der Waals surface area contributed by atoms with Crippen molar-refractivity contribution in [1.82, 2.24) is 5.32 Å². The molecule has 0 radical (unpaired) electrons. The van der Waals surface area contributed by atoms with Crippen molar-refractivity contribution in [2.45, 2.75) is 13.3 Å². The lowest BCUT2D eigenvalue weighted by molar-refractivity contribution is -0.118. The molecule has 3 heteroatoms. The number of rotatable bonds is 4. The molecule has 0 fully saturated rings. The number of thiophene rings is 1. The van der Waals surface area contributed by atoms with Crippen molar-refractivity contribution >= 4 is 33.4 Å². The number of fused-ring (bicyclic) bond motifs is 1. The molecule has 1 aromatic carbocycles. The van der Waals surface area contributed by atoms with E-state index in [0.29, 0.717) is 6.54 Å². The summed E-state index contributed by atoms with van der Waals surface area (Å²) < 4.78 is 1.31. The summed E-state index contributed by atoms with van der Waals surface area (Å²) in [5.74, 6) is 0.0262. The minimum Gasteiger partial charge on any atom is -0.356 e. The highest BCUT2D eigenvalue weighted by Gasteiger charge is 1.97. The van der Waals surface area contributed by atoms with E-state index in [4.69, 9.17) is 0 Å². The number of carbonyl (C=O) groups is 1. The fraction of sp³-hybridized carbons (Fsp3) is 0.214. The third-order valence-corrected chi connectivity index (χ3v) is 3.39. The van der Waals surface area contributed by atoms with Gasteiger partial charge in [-0.25, -0.2) is 0 Å². The summed E-state index contributed by atoms with van der Waals surface area (Å²) in [5.41, 5.74) is 1.24. The second kappa shape index (κ2) is 5.64. The Labute approximate surface area is 105 Å². The van der Waals surface area contributed by atoms with Gasteiger partial charge in [0, 0.05) is 18.2 Å². The predicted molar refractivity (Wildman–Crippen MR) is 74.2 cm³/mol. The van der Waals surface area contributed by atoms with E-state index in [1.54, 1.807) is 11.3 Å². The number of hydrogen-bond acceptors (Lipinski definition) is 2. The molecule has 1 heterocycles. The van der Waals surface area contributed by atoms with E-state index in [2.05, 4.69) is 47.1 Å². The molecule has 0 spiro atoms. The molecule has 0 aliphatic heterocycles. The number of benzene rings is 1. The van der Waals surface area contributed by atoms with Crippen molar-refractivity contribution in [3.05, 3.63) is 41.3 Å². The van der Waals surface area contributed by atoms with Crippen LogP contribution in [0, 0.1) is 0 Å². The van der Waals surface area contributed by atoms with Gasteiger partial charge < -0.3 is 5.32 Å². The minimum absolute atomic E-state index is 0.0262. The summed E-state index contributed by atoms with van der Waals surface area (Å²) in [5, 5.41) is 6.19. The second-order valence-electron chi connectivity index (χ2n) is 3.85. The Morgan fingerprint density at radius 1 is 1.41 bits per heavy atom. The molecule has 1 aromatic heterocycles. The molecule has 0 saturated carbocycles. The van der Waals surface area contributed by atoms with Crippen LogP contribution in [0.15, 0.2) is 35.7 Å². The summed E-state index contributed by atoms with van der Waals surface area (Å²) >= 11 is 1.76. The summed E-state index contributed by atoms with van der Waals surface area (Å²) in [4.78, 5) is 10.7. The van der Waals surface area contributed by atoms with Crippen LogP contribution < -0.4 is 5.32 Å². The van der Waals surface area contributed by atoms with Gasteiger partial charge in [0.25, 0.3) is 0 Å². The van der Waals surface area contributed by atoms with E-state index in [-0.39, 0.29) is 5.91 Å². The first-order valence-electron chi connectivity index (χ1n) is 5.64. The fourth-order valence-corrected chi connectivity index (χ4v) is 2.53. The van der Waals surface area contributed by atoms with E-state index < -0.39 is 0 Å². The number of hydrogen-bond donors (Lipinski definition) is 1. The van der Waals surface area contributed by atoms with Crippen molar-refractivity contribution in [2.75, 3.05) is 6.54 Å². The van der Waals surface area contributed by atoms with Gasteiger partial charge in [-0.05, 0) is 34.9 Å². The van der Waals surface area contributed by atoms with Crippen LogP contribution in [0.1, 0.15) is 18.9 Å². The molecule has 88 valence electrons. The van der Waals surface area contributed by atoms with Crippen molar-refractivity contribution in [1.29, 1.82) is 0 Å². The molecule has 17 heavy (non-hydrogen) atoms. The third-order valence-electron chi connectivity index (χ3n) is 2.51. The molecule has 0 atom stereocenters. The van der Waals surface area contributed by atoms with Gasteiger partial charge in [0.1, 0.15) is 0 Å². The zero-order chi connectivity index (χ0) is 12.1. The van der Waals surface area contributed by atoms with Crippen molar-refractivity contribution in [3.63, 3.8) is 0 Å². The zero-order valence-corrected chi connectivity index (χ0v) is 10.6. The monoisotopic (exact) mass is 245 g/mol. The Kier molecular flexibility index (Phi) is 3.94. The first-order valence-corrected chi connectivity index (χ1v) is 6.52. The largest absolute Gasteiger partial charge is 0.356 e. The van der Waals surface area contributed by atoms with Crippen LogP contribution in [0.25, 0.3) is 16.2 Å². The van der Waals surface area contributed by atoms with Gasteiger partial charge in [-0.15, -0.1) is 11.3 Å². The van der Waals surface area contributed by atoms with Crippen LogP contribution in [0.4, 0.5) is 0 Å². The Bertz CT molecular complexity index is 542. The lowest BCUT2D eigenvalue weighted by Gasteiger charge is -1.98. The SMILES string of the molecule is CC(=O)NCCC=Cc1cccc2sccc12. The molecule has 0 unspecified atom stereocenters. The van der Waals surface area contributed by atoms with Gasteiger partial charge in [-0.3, -0.25) is 4.79 Å². The minimum atomic E-state index is 0.0262. The standard InChI is InChI=1S/C14H15NOS/c1-11(16)15-9-3-2-5-12-6-4-7-14-13(12)8-10-17-14/h2,4-8,10H,3,9H2,1H3,(H,15,16). The fourth-order valence-electron chi connectivity index (χ4n) is 1.70. The maximum absolute atomic E-state index is 10.7. The molecule has 0 saturated heterocycles. The maximum atomic E-state index is 10.7. The molecule has 1 N–H and O–H groups in total. The number of carbonyl (C=O) groups excluding carboxylic acids is 1.